The van der Waals surface area contributed by atoms with Crippen LogP contribution in [0.4, 0.5) is 14.5 Å². The predicted octanol–water partition coefficient (Wildman–Crippen LogP) is 5.91. The quantitative estimate of drug-likeness (QED) is 0.393. The van der Waals surface area contributed by atoms with Gasteiger partial charge in [-0.1, -0.05) is 18.6 Å². The van der Waals surface area contributed by atoms with Crippen molar-refractivity contribution in [1.29, 1.82) is 0 Å². The highest BCUT2D eigenvalue weighted by atomic mass is 19.3. The molecule has 2 atom stereocenters. The molecule has 0 bridgehead atoms. The number of alkyl halides is 2. The first kappa shape index (κ1) is 24.2. The lowest BCUT2D eigenvalue weighted by Gasteiger charge is -2.27. The van der Waals surface area contributed by atoms with Crippen LogP contribution in [0.25, 0.3) is 0 Å². The molecule has 1 aromatic heterocycles. The van der Waals surface area contributed by atoms with Crippen molar-refractivity contribution in [2.75, 3.05) is 11.4 Å². The second kappa shape index (κ2) is 9.63. The van der Waals surface area contributed by atoms with E-state index in [-0.39, 0.29) is 30.0 Å². The number of hydrogen-bond donors (Lipinski definition) is 1. The van der Waals surface area contributed by atoms with Crippen LogP contribution in [0.5, 0.6) is 0 Å². The van der Waals surface area contributed by atoms with Crippen molar-refractivity contribution >= 4 is 11.6 Å². The number of amides is 1. The first-order chi connectivity index (χ1) is 17.9. The fourth-order valence-electron chi connectivity index (χ4n) is 5.79. The van der Waals surface area contributed by atoms with E-state index in [1.54, 1.807) is 17.3 Å². The van der Waals surface area contributed by atoms with Crippen molar-refractivity contribution in [3.8, 4) is 0 Å². The van der Waals surface area contributed by atoms with Crippen LogP contribution in [-0.4, -0.2) is 27.2 Å². The van der Waals surface area contributed by atoms with E-state index >= 15 is 0 Å². The molecule has 2 fully saturated rings. The van der Waals surface area contributed by atoms with Crippen LogP contribution in [0.2, 0.25) is 0 Å². The van der Waals surface area contributed by atoms with Gasteiger partial charge in [-0.3, -0.25) is 4.79 Å². The Bertz CT molecular complexity index is 1310. The van der Waals surface area contributed by atoms with E-state index in [1.807, 2.05) is 42.8 Å². The molecular formula is C29H33F2N5O. The zero-order chi connectivity index (χ0) is 25.7. The summed E-state index contributed by atoms with van der Waals surface area (Å²) in [7, 11) is 1.95. The molecule has 1 aliphatic heterocycles. The number of aryl methyl sites for hydroxylation is 1. The van der Waals surface area contributed by atoms with Crippen LogP contribution in [0.3, 0.4) is 0 Å². The molecule has 0 radical (unpaired) electrons. The fraction of sp³-hybridized carbons (Fsp3) is 0.483. The van der Waals surface area contributed by atoms with Crippen LogP contribution < -0.4 is 10.2 Å². The van der Waals surface area contributed by atoms with E-state index in [0.29, 0.717) is 23.0 Å². The molecule has 1 N–H and O–H groups in total. The van der Waals surface area contributed by atoms with E-state index in [1.165, 1.54) is 19.3 Å². The third-order valence-electron chi connectivity index (χ3n) is 8.43. The minimum atomic E-state index is -2.64. The smallest absolute Gasteiger partial charge is 0.264 e. The molecule has 2 aromatic carbocycles. The number of benzene rings is 2. The highest BCUT2D eigenvalue weighted by Crippen LogP contribution is 2.46. The summed E-state index contributed by atoms with van der Waals surface area (Å²) < 4.78 is 30.3. The summed E-state index contributed by atoms with van der Waals surface area (Å²) in [5.41, 5.74) is 3.34. The van der Waals surface area contributed by atoms with E-state index in [2.05, 4.69) is 21.6 Å². The van der Waals surface area contributed by atoms with Crippen molar-refractivity contribution < 1.29 is 13.6 Å². The molecule has 194 valence electrons. The summed E-state index contributed by atoms with van der Waals surface area (Å²) in [6.07, 6.45) is 5.03. The van der Waals surface area contributed by atoms with Crippen LogP contribution in [0, 0.1) is 11.8 Å². The van der Waals surface area contributed by atoms with Crippen molar-refractivity contribution in [3.05, 3.63) is 76.4 Å². The van der Waals surface area contributed by atoms with E-state index in [9.17, 15) is 13.6 Å². The van der Waals surface area contributed by atoms with Gasteiger partial charge in [-0.2, -0.15) is 0 Å². The van der Waals surface area contributed by atoms with Crippen LogP contribution in [-0.2, 0) is 13.6 Å². The molecule has 0 saturated heterocycles. The summed E-state index contributed by atoms with van der Waals surface area (Å²) >= 11 is 0. The van der Waals surface area contributed by atoms with E-state index in [0.717, 1.165) is 42.0 Å². The molecule has 8 heteroatoms. The van der Waals surface area contributed by atoms with E-state index < -0.39 is 6.43 Å². The third-order valence-corrected chi connectivity index (χ3v) is 8.43. The van der Waals surface area contributed by atoms with Crippen molar-refractivity contribution in [2.45, 2.75) is 64.0 Å². The number of carbonyl (C=O) groups excluding carboxylic acids is 1. The largest absolute Gasteiger partial charge is 0.320 e. The van der Waals surface area contributed by atoms with Gasteiger partial charge in [-0.25, -0.2) is 8.78 Å². The van der Waals surface area contributed by atoms with Crippen molar-refractivity contribution in [3.63, 3.8) is 0 Å². The Kier molecular flexibility index (Phi) is 6.31. The average Bonchev–Trinajstić information content (AvgIpc) is 3.52. The number of fused-ring (bicyclic) bond motifs is 1. The van der Waals surface area contributed by atoms with Crippen molar-refractivity contribution in [2.24, 2.45) is 18.9 Å². The Morgan fingerprint density at radius 1 is 1.11 bits per heavy atom. The summed E-state index contributed by atoms with van der Waals surface area (Å²) in [5, 5.41) is 11.9. The Labute approximate surface area is 216 Å². The second-order valence-electron chi connectivity index (χ2n) is 11.0. The summed E-state index contributed by atoms with van der Waals surface area (Å²) in [6.45, 7) is 3.02. The Morgan fingerprint density at radius 3 is 2.57 bits per heavy atom. The van der Waals surface area contributed by atoms with Gasteiger partial charge in [0.15, 0.2) is 0 Å². The number of rotatable bonds is 9. The number of nitrogens with one attached hydrogen (secondary N) is 1. The summed E-state index contributed by atoms with van der Waals surface area (Å²) in [5.74, 6) is 1.94. The molecule has 6 nitrogen and oxygen atoms in total. The summed E-state index contributed by atoms with van der Waals surface area (Å²) in [6, 6.07) is 11.2. The van der Waals surface area contributed by atoms with Gasteiger partial charge in [0.25, 0.3) is 12.3 Å². The lowest BCUT2D eigenvalue weighted by Crippen LogP contribution is -2.29. The topological polar surface area (TPSA) is 63.0 Å². The van der Waals surface area contributed by atoms with Gasteiger partial charge in [-0.05, 0) is 91.9 Å². The molecule has 2 saturated carbocycles. The minimum absolute atomic E-state index is 0.0354. The van der Waals surface area contributed by atoms with Gasteiger partial charge in [0.05, 0.1) is 6.54 Å². The highest BCUT2D eigenvalue weighted by Gasteiger charge is 2.38. The van der Waals surface area contributed by atoms with Crippen LogP contribution >= 0.6 is 0 Å². The SMILES string of the molecule is C[C@H](NCC1CCC1)c1cc2c(c(C(F)F)c1)CN(c1cccc([C@H](c3nncn3C)C3CC3)c1)C2=O. The first-order valence-corrected chi connectivity index (χ1v) is 13.3. The lowest BCUT2D eigenvalue weighted by molar-refractivity contribution is 0.0996. The Balaban J connectivity index is 1.30. The van der Waals surface area contributed by atoms with Gasteiger partial charge in [0.1, 0.15) is 12.2 Å². The van der Waals surface area contributed by atoms with Gasteiger partial charge in [0, 0.05) is 35.8 Å². The minimum Gasteiger partial charge on any atom is -0.320 e. The van der Waals surface area contributed by atoms with Crippen LogP contribution in [0.1, 0.15) is 95.8 Å². The predicted molar refractivity (Wildman–Crippen MR) is 138 cm³/mol. The van der Waals surface area contributed by atoms with Gasteiger partial charge in [-0.15, -0.1) is 10.2 Å². The van der Waals surface area contributed by atoms with Gasteiger partial charge >= 0.3 is 0 Å². The molecule has 1 amide bonds. The standard InChI is InChI=1S/C29H33F2N5O/c1-17(32-14-18-5-3-6-18)21-12-23(27(30)31)25-15-36(29(37)24(25)13-21)22-8-4-7-20(11-22)26(19-9-10-19)28-34-33-16-35(28)2/h4,7-8,11-13,16-19,26-27,32H,3,5-6,9-10,14-15H2,1-2H3/t17-,26+/m0/s1. The molecule has 3 aromatic rings. The maximum absolute atomic E-state index is 14.2. The number of aromatic nitrogens is 3. The van der Waals surface area contributed by atoms with Gasteiger partial charge in [0.2, 0.25) is 0 Å². The normalized spacial score (nSPS) is 19.3. The number of hydrogen-bond acceptors (Lipinski definition) is 4. The molecule has 6 rings (SSSR count). The fourth-order valence-corrected chi connectivity index (χ4v) is 5.79. The molecule has 2 heterocycles. The molecule has 2 aliphatic carbocycles. The molecular weight excluding hydrogens is 472 g/mol. The zero-order valence-corrected chi connectivity index (χ0v) is 21.3. The molecule has 37 heavy (non-hydrogen) atoms. The zero-order valence-electron chi connectivity index (χ0n) is 21.3. The lowest BCUT2D eigenvalue weighted by atomic mass is 9.85. The van der Waals surface area contributed by atoms with Crippen molar-refractivity contribution in [1.82, 2.24) is 20.1 Å². The monoisotopic (exact) mass is 505 g/mol. The third kappa shape index (κ3) is 4.56. The highest BCUT2D eigenvalue weighted by molar-refractivity contribution is 6.10. The molecule has 0 spiro atoms. The number of anilines is 1. The summed E-state index contributed by atoms with van der Waals surface area (Å²) in [4.78, 5) is 15.2. The van der Waals surface area contributed by atoms with Gasteiger partial charge < -0.3 is 14.8 Å². The number of nitrogens with zero attached hydrogens (tertiary/aromatic N) is 4. The Morgan fingerprint density at radius 2 is 1.92 bits per heavy atom. The molecule has 0 unspecified atom stereocenters. The first-order valence-electron chi connectivity index (χ1n) is 13.3. The average molecular weight is 506 g/mol. The maximum Gasteiger partial charge on any atom is 0.264 e. The van der Waals surface area contributed by atoms with E-state index in [4.69, 9.17) is 0 Å². The number of carbonyl (C=O) groups is 1. The Hall–Kier alpha value is -3.13. The van der Waals surface area contributed by atoms with Crippen LogP contribution in [0.15, 0.2) is 42.7 Å². The number of halogens is 2. The second-order valence-corrected chi connectivity index (χ2v) is 11.0. The molecule has 3 aliphatic rings. The maximum atomic E-state index is 14.2.